The number of hydrogen-bond acceptors (Lipinski definition) is 2. The van der Waals surface area contributed by atoms with Gasteiger partial charge in [-0.2, -0.15) is 0 Å². The summed E-state index contributed by atoms with van der Waals surface area (Å²) in [5.74, 6) is 0.485. The average molecular weight is 472 g/mol. The lowest BCUT2D eigenvalue weighted by atomic mass is 9.93. The van der Waals surface area contributed by atoms with Gasteiger partial charge in [0.2, 0.25) is 5.91 Å². The van der Waals surface area contributed by atoms with Gasteiger partial charge in [0, 0.05) is 36.3 Å². The summed E-state index contributed by atoms with van der Waals surface area (Å²) in [5.41, 5.74) is 5.30. The summed E-state index contributed by atoms with van der Waals surface area (Å²) in [6.07, 6.45) is 10.8. The molecule has 2 aliphatic rings. The van der Waals surface area contributed by atoms with Gasteiger partial charge in [0.1, 0.15) is 0 Å². The third-order valence-corrected chi connectivity index (χ3v) is 8.15. The second-order valence-electron chi connectivity index (χ2n) is 10.9. The first kappa shape index (κ1) is 24.1. The summed E-state index contributed by atoms with van der Waals surface area (Å²) in [6, 6.07) is 20.4. The Morgan fingerprint density at radius 2 is 1.54 bits per heavy atom. The summed E-state index contributed by atoms with van der Waals surface area (Å²) in [6.45, 7) is 5.96. The van der Waals surface area contributed by atoms with Crippen LogP contribution in [0.4, 0.5) is 0 Å². The van der Waals surface area contributed by atoms with Crippen molar-refractivity contribution in [3.05, 3.63) is 71.4 Å². The van der Waals surface area contributed by atoms with Gasteiger partial charge < -0.3 is 9.88 Å². The Balaban J connectivity index is 1.21. The number of amides is 1. The maximum Gasteiger partial charge on any atom is 0.223 e. The Labute approximate surface area is 210 Å². The summed E-state index contributed by atoms with van der Waals surface area (Å²) >= 11 is 0. The van der Waals surface area contributed by atoms with Gasteiger partial charge in [-0.1, -0.05) is 80.1 Å². The van der Waals surface area contributed by atoms with E-state index in [4.69, 9.17) is 0 Å². The highest BCUT2D eigenvalue weighted by atomic mass is 16.1. The highest BCUT2D eigenvalue weighted by Gasteiger charge is 2.27. The van der Waals surface area contributed by atoms with Gasteiger partial charge in [0.15, 0.2) is 0 Å². The maximum absolute atomic E-state index is 13.0. The van der Waals surface area contributed by atoms with Crippen LogP contribution >= 0.6 is 0 Å². The van der Waals surface area contributed by atoms with Crippen LogP contribution in [0.1, 0.15) is 74.6 Å². The number of carbonyl (C=O) groups excluding carboxylic acids is 1. The fraction of sp³-hybridized carbons (Fsp3) is 0.516. The van der Waals surface area contributed by atoms with Crippen molar-refractivity contribution >= 4 is 16.8 Å². The molecule has 1 aromatic heterocycles. The number of nitrogens with zero attached hydrogens (tertiary/aromatic N) is 2. The van der Waals surface area contributed by atoms with Crippen molar-refractivity contribution in [1.82, 2.24) is 14.8 Å². The van der Waals surface area contributed by atoms with Crippen LogP contribution in [-0.2, 0) is 17.9 Å². The predicted molar refractivity (Wildman–Crippen MR) is 144 cm³/mol. The molecule has 1 amide bonds. The number of carbonyl (C=O) groups is 1. The fourth-order valence-electron chi connectivity index (χ4n) is 5.96. The van der Waals surface area contributed by atoms with Crippen molar-refractivity contribution in [2.24, 2.45) is 5.92 Å². The second kappa shape index (κ2) is 11.4. The van der Waals surface area contributed by atoms with Crippen LogP contribution in [0.2, 0.25) is 0 Å². The minimum absolute atomic E-state index is 0.176. The molecule has 35 heavy (non-hydrogen) atoms. The molecule has 4 nitrogen and oxygen atoms in total. The van der Waals surface area contributed by atoms with Gasteiger partial charge in [-0.05, 0) is 68.8 Å². The quantitative estimate of drug-likeness (QED) is 0.449. The first-order valence-corrected chi connectivity index (χ1v) is 13.8. The minimum Gasteiger partial charge on any atom is -0.353 e. The minimum atomic E-state index is 0.176. The second-order valence-corrected chi connectivity index (χ2v) is 10.9. The average Bonchev–Trinajstić information content (AvgIpc) is 3.19. The van der Waals surface area contributed by atoms with Gasteiger partial charge in [-0.3, -0.25) is 9.69 Å². The number of likely N-dealkylation sites (tertiary alicyclic amines) is 1. The molecule has 0 unspecified atom stereocenters. The van der Waals surface area contributed by atoms with Crippen LogP contribution in [0, 0.1) is 12.8 Å². The van der Waals surface area contributed by atoms with Crippen LogP contribution in [0.25, 0.3) is 10.9 Å². The molecule has 0 atom stereocenters. The molecule has 2 heterocycles. The monoisotopic (exact) mass is 471 g/mol. The molecule has 2 fully saturated rings. The molecular formula is C31H41N3O. The van der Waals surface area contributed by atoms with E-state index in [-0.39, 0.29) is 5.92 Å². The Bertz CT molecular complexity index is 1100. The summed E-state index contributed by atoms with van der Waals surface area (Å²) in [7, 11) is 0. The van der Waals surface area contributed by atoms with Crippen molar-refractivity contribution in [2.75, 3.05) is 13.1 Å². The lowest BCUT2D eigenvalue weighted by Crippen LogP contribution is -2.44. The molecular weight excluding hydrogens is 430 g/mol. The standard InChI is InChI=1S/C31H41N3O/c1-24-13-15-25(16-14-24)22-34-29(21-27-9-7-8-12-30(27)34)23-33-19-17-26(18-20-33)31(35)32-28-10-5-3-2-4-6-11-28/h7-9,12-16,21,26,28H,2-6,10-11,17-20,22-23H2,1H3,(H,32,35). The van der Waals surface area contributed by atoms with Crippen molar-refractivity contribution in [3.63, 3.8) is 0 Å². The van der Waals surface area contributed by atoms with E-state index in [0.717, 1.165) is 51.9 Å². The Hall–Kier alpha value is -2.59. The Kier molecular flexibility index (Phi) is 7.88. The number of piperidine rings is 1. The van der Waals surface area contributed by atoms with E-state index in [2.05, 4.69) is 76.3 Å². The highest BCUT2D eigenvalue weighted by Crippen LogP contribution is 2.26. The molecule has 1 aliphatic carbocycles. The van der Waals surface area contributed by atoms with E-state index < -0.39 is 0 Å². The topological polar surface area (TPSA) is 37.3 Å². The third kappa shape index (κ3) is 6.16. The van der Waals surface area contributed by atoms with Crippen LogP contribution in [0.15, 0.2) is 54.6 Å². The fourth-order valence-corrected chi connectivity index (χ4v) is 5.96. The van der Waals surface area contributed by atoms with Crippen LogP contribution in [0.3, 0.4) is 0 Å². The zero-order chi connectivity index (χ0) is 24.0. The van der Waals surface area contributed by atoms with E-state index in [0.29, 0.717) is 11.9 Å². The largest absolute Gasteiger partial charge is 0.353 e. The molecule has 0 bridgehead atoms. The summed E-state index contributed by atoms with van der Waals surface area (Å²) in [5, 5.41) is 4.73. The molecule has 0 radical (unpaired) electrons. The van der Waals surface area contributed by atoms with Crippen molar-refractivity contribution in [3.8, 4) is 0 Å². The van der Waals surface area contributed by atoms with E-state index >= 15 is 0 Å². The number of para-hydroxylation sites is 1. The molecule has 2 aromatic carbocycles. The van der Waals surface area contributed by atoms with E-state index in [1.807, 2.05) is 0 Å². The predicted octanol–water partition coefficient (Wildman–Crippen LogP) is 6.44. The zero-order valence-electron chi connectivity index (χ0n) is 21.3. The normalized spacial score (nSPS) is 18.9. The van der Waals surface area contributed by atoms with Crippen molar-refractivity contribution in [2.45, 2.75) is 83.8 Å². The maximum atomic E-state index is 13.0. The molecule has 0 spiro atoms. The van der Waals surface area contributed by atoms with Crippen LogP contribution < -0.4 is 5.32 Å². The third-order valence-electron chi connectivity index (χ3n) is 8.15. The molecule has 3 aromatic rings. The van der Waals surface area contributed by atoms with E-state index in [9.17, 15) is 4.79 Å². The van der Waals surface area contributed by atoms with Gasteiger partial charge in [-0.25, -0.2) is 0 Å². The lowest BCUT2D eigenvalue weighted by Gasteiger charge is -2.32. The Morgan fingerprint density at radius 1 is 0.857 bits per heavy atom. The highest BCUT2D eigenvalue weighted by molar-refractivity contribution is 5.81. The molecule has 1 N–H and O–H groups in total. The number of aromatic nitrogens is 1. The smallest absolute Gasteiger partial charge is 0.223 e. The molecule has 1 aliphatic heterocycles. The van der Waals surface area contributed by atoms with E-state index in [1.165, 1.54) is 59.8 Å². The molecule has 4 heteroatoms. The first-order chi connectivity index (χ1) is 17.2. The number of hydrogen-bond donors (Lipinski definition) is 1. The van der Waals surface area contributed by atoms with Crippen molar-refractivity contribution in [1.29, 1.82) is 0 Å². The van der Waals surface area contributed by atoms with Gasteiger partial charge >= 0.3 is 0 Å². The Morgan fingerprint density at radius 3 is 2.29 bits per heavy atom. The molecule has 1 saturated carbocycles. The number of aryl methyl sites for hydroxylation is 1. The number of nitrogens with one attached hydrogen (secondary N) is 1. The molecule has 1 saturated heterocycles. The van der Waals surface area contributed by atoms with Gasteiger partial charge in [-0.15, -0.1) is 0 Å². The van der Waals surface area contributed by atoms with Gasteiger partial charge in [0.25, 0.3) is 0 Å². The molecule has 186 valence electrons. The lowest BCUT2D eigenvalue weighted by molar-refractivity contribution is -0.127. The van der Waals surface area contributed by atoms with Crippen molar-refractivity contribution < 1.29 is 4.79 Å². The zero-order valence-corrected chi connectivity index (χ0v) is 21.3. The van der Waals surface area contributed by atoms with Crippen LogP contribution in [0.5, 0.6) is 0 Å². The molecule has 5 rings (SSSR count). The summed E-state index contributed by atoms with van der Waals surface area (Å²) in [4.78, 5) is 15.5. The number of benzene rings is 2. The van der Waals surface area contributed by atoms with E-state index in [1.54, 1.807) is 0 Å². The first-order valence-electron chi connectivity index (χ1n) is 13.8. The number of fused-ring (bicyclic) bond motifs is 1. The SMILES string of the molecule is Cc1ccc(Cn2c(CN3CCC(C(=O)NC4CCCCCCC4)CC3)cc3ccccc32)cc1. The number of rotatable bonds is 6. The summed E-state index contributed by atoms with van der Waals surface area (Å²) < 4.78 is 2.48. The van der Waals surface area contributed by atoms with Gasteiger partial charge in [0.05, 0.1) is 0 Å². The van der Waals surface area contributed by atoms with Crippen LogP contribution in [-0.4, -0.2) is 34.5 Å².